The fourth-order valence-electron chi connectivity index (χ4n) is 2.81. The summed E-state index contributed by atoms with van der Waals surface area (Å²) in [6.07, 6.45) is -0.823. The number of carbonyl (C=O) groups excluding carboxylic acids is 1. The molecule has 118 valence electrons. The average Bonchev–Trinajstić information content (AvgIpc) is 2.38. The molecule has 0 aromatic heterocycles. The van der Waals surface area contributed by atoms with Crippen LogP contribution in [0.15, 0.2) is 0 Å². The Morgan fingerprint density at radius 1 is 1.35 bits per heavy atom. The zero-order chi connectivity index (χ0) is 15.1. The van der Waals surface area contributed by atoms with Crippen molar-refractivity contribution in [3.05, 3.63) is 0 Å². The van der Waals surface area contributed by atoms with Gasteiger partial charge in [0.1, 0.15) is 0 Å². The second-order valence-corrected chi connectivity index (χ2v) is 5.64. The molecule has 1 heterocycles. The summed E-state index contributed by atoms with van der Waals surface area (Å²) in [4.78, 5) is 12.3. The monoisotopic (exact) mass is 294 g/mol. The summed E-state index contributed by atoms with van der Waals surface area (Å²) in [6, 6.07) is 0. The van der Waals surface area contributed by atoms with Crippen LogP contribution in [0.2, 0.25) is 0 Å². The minimum absolute atomic E-state index is 0.00133. The Balaban J connectivity index is 2.32. The van der Waals surface area contributed by atoms with Crippen LogP contribution in [-0.4, -0.2) is 31.7 Å². The van der Waals surface area contributed by atoms with Crippen LogP contribution in [0, 0.1) is 5.41 Å². The van der Waals surface area contributed by atoms with Crippen LogP contribution >= 0.6 is 0 Å². The first-order valence-corrected chi connectivity index (χ1v) is 7.45. The number of hydrogen-bond acceptors (Lipinski definition) is 2. The Kier molecular flexibility index (Phi) is 6.79. The van der Waals surface area contributed by atoms with E-state index in [1.165, 1.54) is 0 Å². The number of alkyl halides is 3. The number of unbranched alkanes of at least 4 members (excludes halogenated alkanes) is 1. The number of nitrogens with one attached hydrogen (secondary N) is 2. The fraction of sp³-hybridized carbons (Fsp3) is 0.929. The van der Waals surface area contributed by atoms with Crippen molar-refractivity contribution < 1.29 is 18.0 Å². The molecule has 0 radical (unpaired) electrons. The van der Waals surface area contributed by atoms with Crippen LogP contribution < -0.4 is 10.6 Å². The molecule has 2 N–H and O–H groups in total. The van der Waals surface area contributed by atoms with Gasteiger partial charge in [-0.1, -0.05) is 13.3 Å². The van der Waals surface area contributed by atoms with Gasteiger partial charge in [-0.25, -0.2) is 0 Å². The topological polar surface area (TPSA) is 41.1 Å². The highest BCUT2D eigenvalue weighted by Crippen LogP contribution is 2.31. The fourth-order valence-corrected chi connectivity index (χ4v) is 2.81. The Morgan fingerprint density at radius 3 is 2.65 bits per heavy atom. The van der Waals surface area contributed by atoms with E-state index >= 15 is 0 Å². The number of carbonyl (C=O) groups is 1. The van der Waals surface area contributed by atoms with Crippen LogP contribution in [-0.2, 0) is 4.79 Å². The number of hydrogen-bond donors (Lipinski definition) is 2. The number of rotatable bonds is 7. The predicted molar refractivity (Wildman–Crippen MR) is 72.4 cm³/mol. The van der Waals surface area contributed by atoms with E-state index in [0.717, 1.165) is 32.2 Å². The molecule has 1 unspecified atom stereocenters. The van der Waals surface area contributed by atoms with Crippen molar-refractivity contribution in [3.63, 3.8) is 0 Å². The summed E-state index contributed by atoms with van der Waals surface area (Å²) in [5, 5.41) is 6.07. The first kappa shape index (κ1) is 17.3. The molecule has 3 nitrogen and oxygen atoms in total. The van der Waals surface area contributed by atoms with E-state index in [1.807, 2.05) is 6.92 Å². The summed E-state index contributed by atoms with van der Waals surface area (Å²) in [6.45, 7) is 3.99. The number of piperidine rings is 1. The lowest BCUT2D eigenvalue weighted by Crippen LogP contribution is -2.50. The smallest absolute Gasteiger partial charge is 0.356 e. The molecule has 6 heteroatoms. The van der Waals surface area contributed by atoms with Crippen molar-refractivity contribution >= 4 is 5.91 Å². The lowest BCUT2D eigenvalue weighted by atomic mass is 9.76. The summed E-state index contributed by atoms with van der Waals surface area (Å²) in [7, 11) is 0. The zero-order valence-electron chi connectivity index (χ0n) is 12.1. The van der Waals surface area contributed by atoms with Gasteiger partial charge in [-0.3, -0.25) is 4.79 Å². The second kappa shape index (κ2) is 7.86. The molecule has 0 spiro atoms. The Morgan fingerprint density at radius 2 is 2.10 bits per heavy atom. The molecule has 0 saturated carbocycles. The summed E-state index contributed by atoms with van der Waals surface area (Å²) >= 11 is 0. The molecule has 0 aromatic carbocycles. The average molecular weight is 294 g/mol. The number of amides is 1. The third-order valence-corrected chi connectivity index (χ3v) is 3.86. The minimum atomic E-state index is -4.10. The van der Waals surface area contributed by atoms with Gasteiger partial charge < -0.3 is 10.6 Å². The molecule has 1 rings (SSSR count). The largest absolute Gasteiger partial charge is 0.389 e. The van der Waals surface area contributed by atoms with Gasteiger partial charge in [-0.05, 0) is 38.6 Å². The molecular weight excluding hydrogens is 269 g/mol. The van der Waals surface area contributed by atoms with Crippen molar-refractivity contribution in [2.45, 2.75) is 58.0 Å². The first-order chi connectivity index (χ1) is 9.40. The zero-order valence-corrected chi connectivity index (χ0v) is 12.1. The lowest BCUT2D eigenvalue weighted by molar-refractivity contribution is -0.135. The molecule has 1 amide bonds. The Bertz CT molecular complexity index is 294. The normalized spacial score (nSPS) is 23.6. The van der Waals surface area contributed by atoms with Crippen LogP contribution in [0.5, 0.6) is 0 Å². The second-order valence-electron chi connectivity index (χ2n) is 5.64. The van der Waals surface area contributed by atoms with E-state index in [9.17, 15) is 18.0 Å². The minimum Gasteiger partial charge on any atom is -0.356 e. The van der Waals surface area contributed by atoms with Gasteiger partial charge in [0, 0.05) is 19.5 Å². The third kappa shape index (κ3) is 5.69. The standard InChI is InChI=1S/C14H25F3N2O/c1-2-6-13(7-5-9-18-11-13)12(20)19-10-4-3-8-14(15,16)17/h18H,2-11H2,1H3,(H,19,20). The summed E-state index contributed by atoms with van der Waals surface area (Å²) in [5.74, 6) is -0.00133. The molecule has 1 saturated heterocycles. The van der Waals surface area contributed by atoms with Crippen molar-refractivity contribution in [2.75, 3.05) is 19.6 Å². The highest BCUT2D eigenvalue weighted by atomic mass is 19.4. The van der Waals surface area contributed by atoms with Gasteiger partial charge in [0.05, 0.1) is 5.41 Å². The molecule has 0 aromatic rings. The molecule has 20 heavy (non-hydrogen) atoms. The van der Waals surface area contributed by atoms with Gasteiger partial charge in [0.2, 0.25) is 5.91 Å². The van der Waals surface area contributed by atoms with E-state index in [4.69, 9.17) is 0 Å². The summed E-state index contributed by atoms with van der Waals surface area (Å²) < 4.78 is 36.0. The van der Waals surface area contributed by atoms with Crippen molar-refractivity contribution in [1.82, 2.24) is 10.6 Å². The van der Waals surface area contributed by atoms with Crippen LogP contribution in [0.4, 0.5) is 13.2 Å². The van der Waals surface area contributed by atoms with Crippen LogP contribution in [0.3, 0.4) is 0 Å². The van der Waals surface area contributed by atoms with E-state index in [2.05, 4.69) is 10.6 Å². The van der Waals surface area contributed by atoms with Crippen LogP contribution in [0.25, 0.3) is 0 Å². The van der Waals surface area contributed by atoms with E-state index in [0.29, 0.717) is 19.5 Å². The van der Waals surface area contributed by atoms with Gasteiger partial charge in [-0.15, -0.1) is 0 Å². The van der Waals surface area contributed by atoms with Crippen LogP contribution in [0.1, 0.15) is 51.9 Å². The molecule has 1 aliphatic heterocycles. The van der Waals surface area contributed by atoms with Gasteiger partial charge >= 0.3 is 6.18 Å². The molecule has 0 aliphatic carbocycles. The van der Waals surface area contributed by atoms with E-state index in [1.54, 1.807) is 0 Å². The maximum atomic E-state index is 12.3. The van der Waals surface area contributed by atoms with Crippen molar-refractivity contribution in [3.8, 4) is 0 Å². The Labute approximate surface area is 118 Å². The molecule has 1 atom stereocenters. The number of halogens is 3. The van der Waals surface area contributed by atoms with Gasteiger partial charge in [0.15, 0.2) is 0 Å². The SMILES string of the molecule is CCCC1(C(=O)NCCCCC(F)(F)F)CCCNC1. The maximum absolute atomic E-state index is 12.3. The molecule has 1 fully saturated rings. The van der Waals surface area contributed by atoms with Crippen molar-refractivity contribution in [2.24, 2.45) is 5.41 Å². The Hall–Kier alpha value is -0.780. The van der Waals surface area contributed by atoms with Crippen molar-refractivity contribution in [1.29, 1.82) is 0 Å². The first-order valence-electron chi connectivity index (χ1n) is 7.45. The quantitative estimate of drug-likeness (QED) is 0.709. The maximum Gasteiger partial charge on any atom is 0.389 e. The lowest BCUT2D eigenvalue weighted by Gasteiger charge is -2.36. The van der Waals surface area contributed by atoms with E-state index < -0.39 is 12.6 Å². The molecule has 0 bridgehead atoms. The third-order valence-electron chi connectivity index (χ3n) is 3.86. The highest BCUT2D eigenvalue weighted by Gasteiger charge is 2.38. The highest BCUT2D eigenvalue weighted by molar-refractivity contribution is 5.83. The van der Waals surface area contributed by atoms with Gasteiger partial charge in [0.25, 0.3) is 0 Å². The van der Waals surface area contributed by atoms with E-state index in [-0.39, 0.29) is 17.7 Å². The molecule has 1 aliphatic rings. The predicted octanol–water partition coefficient (Wildman–Crippen LogP) is 3.01. The molecular formula is C14H25F3N2O. The summed E-state index contributed by atoms with van der Waals surface area (Å²) in [5.41, 5.74) is -0.364. The van der Waals surface area contributed by atoms with Gasteiger partial charge in [-0.2, -0.15) is 13.2 Å².